The molecule has 10 heteroatoms. The number of carbonyl (C=O) groups excluding carboxylic acids is 3. The van der Waals surface area contributed by atoms with Gasteiger partial charge in [0.2, 0.25) is 15.9 Å². The zero-order valence-electron chi connectivity index (χ0n) is 15.2. The molecule has 0 aliphatic rings. The van der Waals surface area contributed by atoms with E-state index in [1.54, 1.807) is 20.8 Å². The van der Waals surface area contributed by atoms with Gasteiger partial charge in [-0.1, -0.05) is 19.9 Å². The second-order valence-corrected chi connectivity index (χ2v) is 7.31. The summed E-state index contributed by atoms with van der Waals surface area (Å²) < 4.78 is 31.3. The number of carbonyl (C=O) groups is 3. The van der Waals surface area contributed by atoms with Crippen molar-refractivity contribution in [2.24, 2.45) is 0 Å². The molecule has 2 N–H and O–H groups in total. The monoisotopic (exact) mass is 385 g/mol. The lowest BCUT2D eigenvalue weighted by Gasteiger charge is -2.19. The van der Waals surface area contributed by atoms with Crippen LogP contribution in [0.4, 0.5) is 0 Å². The molecule has 0 bridgehead atoms. The summed E-state index contributed by atoms with van der Waals surface area (Å²) >= 11 is 0. The zero-order valence-corrected chi connectivity index (χ0v) is 16.0. The molecule has 1 aromatic rings. The molecule has 0 radical (unpaired) electrons. The quantitative estimate of drug-likeness (QED) is 0.516. The van der Waals surface area contributed by atoms with Gasteiger partial charge in [-0.25, -0.2) is 13.2 Å². The van der Waals surface area contributed by atoms with Crippen LogP contribution in [-0.2, 0) is 24.3 Å². The van der Waals surface area contributed by atoms with Crippen LogP contribution in [0, 0.1) is 6.92 Å². The first-order chi connectivity index (χ1) is 12.1. The lowest BCUT2D eigenvalue weighted by molar-refractivity contribution is -0.129. The summed E-state index contributed by atoms with van der Waals surface area (Å²) in [7, 11) is -3.72. The number of hydrazine groups is 1. The number of hydrogen-bond acceptors (Lipinski definition) is 6. The molecule has 0 fully saturated rings. The van der Waals surface area contributed by atoms with E-state index in [-0.39, 0.29) is 10.5 Å². The van der Waals surface area contributed by atoms with E-state index in [2.05, 4.69) is 10.9 Å². The Morgan fingerprint density at radius 2 is 1.73 bits per heavy atom. The fourth-order valence-electron chi connectivity index (χ4n) is 2.10. The van der Waals surface area contributed by atoms with Crippen molar-refractivity contribution < 1.29 is 27.5 Å². The summed E-state index contributed by atoms with van der Waals surface area (Å²) in [6.07, 6.45) is 0. The smallest absolute Gasteiger partial charge is 0.338 e. The topological polar surface area (TPSA) is 122 Å². The Hall–Kier alpha value is -2.46. The number of hydrogen-bond donors (Lipinski definition) is 2. The van der Waals surface area contributed by atoms with E-state index in [0.717, 1.165) is 0 Å². The van der Waals surface area contributed by atoms with Crippen LogP contribution in [0.5, 0.6) is 0 Å². The average Bonchev–Trinajstić information content (AvgIpc) is 2.58. The fourth-order valence-corrected chi connectivity index (χ4v) is 3.58. The number of esters is 1. The number of benzene rings is 1. The fraction of sp³-hybridized carbons (Fsp3) is 0.438. The molecule has 0 aromatic heterocycles. The lowest BCUT2D eigenvalue weighted by Crippen LogP contribution is -2.42. The third kappa shape index (κ3) is 5.53. The maximum atomic E-state index is 12.6. The van der Waals surface area contributed by atoms with Crippen LogP contribution in [0.2, 0.25) is 0 Å². The number of amides is 2. The highest BCUT2D eigenvalue weighted by atomic mass is 32.2. The van der Waals surface area contributed by atoms with Gasteiger partial charge in [0.1, 0.15) is 0 Å². The molecule has 0 spiro atoms. The second kappa shape index (κ2) is 9.30. The molecule has 1 aromatic carbocycles. The summed E-state index contributed by atoms with van der Waals surface area (Å²) in [5.41, 5.74) is 4.67. The predicted molar refractivity (Wildman–Crippen MR) is 93.5 cm³/mol. The normalized spacial score (nSPS) is 11.1. The van der Waals surface area contributed by atoms with Gasteiger partial charge >= 0.3 is 5.97 Å². The molecule has 2 amide bonds. The van der Waals surface area contributed by atoms with Crippen LogP contribution in [0.25, 0.3) is 0 Å². The zero-order chi connectivity index (χ0) is 19.9. The van der Waals surface area contributed by atoms with Crippen LogP contribution >= 0.6 is 0 Å². The summed E-state index contributed by atoms with van der Waals surface area (Å²) in [4.78, 5) is 34.3. The summed E-state index contributed by atoms with van der Waals surface area (Å²) in [6, 6.07) is 4.16. The molecule has 0 heterocycles. The first kappa shape index (κ1) is 21.6. The minimum Gasteiger partial charge on any atom is -0.452 e. The van der Waals surface area contributed by atoms with Gasteiger partial charge in [0.25, 0.3) is 5.91 Å². The average molecular weight is 385 g/mol. The van der Waals surface area contributed by atoms with E-state index in [9.17, 15) is 22.8 Å². The number of nitrogens with one attached hydrogen (secondary N) is 2. The summed E-state index contributed by atoms with van der Waals surface area (Å²) in [5.74, 6) is -2.04. The molecule has 1 rings (SSSR count). The van der Waals surface area contributed by atoms with Crippen molar-refractivity contribution in [2.75, 3.05) is 19.7 Å². The van der Waals surface area contributed by atoms with Gasteiger partial charge in [-0.15, -0.1) is 0 Å². The summed E-state index contributed by atoms with van der Waals surface area (Å²) in [5, 5.41) is 0. The number of sulfonamides is 1. The maximum absolute atomic E-state index is 12.6. The van der Waals surface area contributed by atoms with Gasteiger partial charge in [-0.05, 0) is 24.6 Å². The third-order valence-electron chi connectivity index (χ3n) is 3.48. The Labute approximate surface area is 152 Å². The molecule has 0 unspecified atom stereocenters. The van der Waals surface area contributed by atoms with Gasteiger partial charge in [-0.2, -0.15) is 4.31 Å². The molecular formula is C16H23N3O6S. The van der Waals surface area contributed by atoms with Crippen LogP contribution in [0.3, 0.4) is 0 Å². The van der Waals surface area contributed by atoms with E-state index in [1.807, 2.05) is 0 Å². The minimum absolute atomic E-state index is 0.0264. The molecular weight excluding hydrogens is 362 g/mol. The third-order valence-corrected chi connectivity index (χ3v) is 5.53. The summed E-state index contributed by atoms with van der Waals surface area (Å²) in [6.45, 7) is 6.26. The number of nitrogens with zero attached hydrogens (tertiary/aromatic N) is 1. The SMILES string of the molecule is CCN(CC)S(=O)(=O)c1ccc(C)c(C(=O)OCC(=O)NNC(C)=O)c1. The van der Waals surface area contributed by atoms with E-state index in [1.165, 1.54) is 29.4 Å². The van der Waals surface area contributed by atoms with E-state index in [0.29, 0.717) is 18.7 Å². The minimum atomic E-state index is -3.72. The Morgan fingerprint density at radius 1 is 1.12 bits per heavy atom. The first-order valence-corrected chi connectivity index (χ1v) is 9.40. The largest absolute Gasteiger partial charge is 0.452 e. The second-order valence-electron chi connectivity index (χ2n) is 5.37. The molecule has 0 atom stereocenters. The van der Waals surface area contributed by atoms with Gasteiger partial charge < -0.3 is 4.74 Å². The van der Waals surface area contributed by atoms with E-state index >= 15 is 0 Å². The highest BCUT2D eigenvalue weighted by Gasteiger charge is 2.24. The molecule has 9 nitrogen and oxygen atoms in total. The Balaban J connectivity index is 2.95. The van der Waals surface area contributed by atoms with E-state index < -0.39 is 34.4 Å². The van der Waals surface area contributed by atoms with Crippen molar-refractivity contribution in [3.05, 3.63) is 29.3 Å². The maximum Gasteiger partial charge on any atom is 0.338 e. The van der Waals surface area contributed by atoms with Crippen molar-refractivity contribution in [2.45, 2.75) is 32.6 Å². The van der Waals surface area contributed by atoms with Crippen LogP contribution in [0.1, 0.15) is 36.7 Å². The molecule has 26 heavy (non-hydrogen) atoms. The predicted octanol–water partition coefficient (Wildman–Crippen LogP) is 0.350. The molecule has 0 saturated heterocycles. The van der Waals surface area contributed by atoms with Crippen LogP contribution in [0.15, 0.2) is 23.1 Å². The Kier molecular flexibility index (Phi) is 7.72. The van der Waals surface area contributed by atoms with Gasteiger partial charge in [-0.3, -0.25) is 20.4 Å². The lowest BCUT2D eigenvalue weighted by atomic mass is 10.1. The highest BCUT2D eigenvalue weighted by Crippen LogP contribution is 2.20. The molecule has 144 valence electrons. The van der Waals surface area contributed by atoms with Crippen molar-refractivity contribution in [3.8, 4) is 0 Å². The standard InChI is InChI=1S/C16H23N3O6S/c1-5-19(6-2)26(23,24)13-8-7-11(3)14(9-13)16(22)25-10-15(21)18-17-12(4)20/h7-9H,5-6,10H2,1-4H3,(H,17,20)(H,18,21). The highest BCUT2D eigenvalue weighted by molar-refractivity contribution is 7.89. The van der Waals surface area contributed by atoms with Gasteiger partial charge in [0, 0.05) is 20.0 Å². The van der Waals surface area contributed by atoms with Crippen molar-refractivity contribution in [1.29, 1.82) is 0 Å². The first-order valence-electron chi connectivity index (χ1n) is 7.96. The van der Waals surface area contributed by atoms with Crippen LogP contribution in [-0.4, -0.2) is 50.2 Å². The molecule has 0 aliphatic heterocycles. The van der Waals surface area contributed by atoms with E-state index in [4.69, 9.17) is 4.74 Å². The number of rotatable bonds is 7. The van der Waals surface area contributed by atoms with Crippen LogP contribution < -0.4 is 10.9 Å². The Bertz CT molecular complexity index is 787. The Morgan fingerprint density at radius 3 is 2.27 bits per heavy atom. The van der Waals surface area contributed by atoms with Gasteiger partial charge in [0.05, 0.1) is 10.5 Å². The van der Waals surface area contributed by atoms with Crippen molar-refractivity contribution in [1.82, 2.24) is 15.2 Å². The number of ether oxygens (including phenoxy) is 1. The molecule has 0 aliphatic carbocycles. The van der Waals surface area contributed by atoms with Crippen molar-refractivity contribution in [3.63, 3.8) is 0 Å². The van der Waals surface area contributed by atoms with Crippen molar-refractivity contribution >= 4 is 27.8 Å². The number of aryl methyl sites for hydroxylation is 1. The molecule has 0 saturated carbocycles. The van der Waals surface area contributed by atoms with Gasteiger partial charge in [0.15, 0.2) is 6.61 Å².